The third-order valence-electron chi connectivity index (χ3n) is 5.41. The molecule has 0 fully saturated rings. The monoisotopic (exact) mass is 347 g/mol. The van der Waals surface area contributed by atoms with E-state index in [-0.39, 0.29) is 17.6 Å². The van der Waals surface area contributed by atoms with E-state index >= 15 is 0 Å². The number of hydrogen-bond acceptors (Lipinski definition) is 3. The molecule has 1 aliphatic rings. The second-order valence-electron chi connectivity index (χ2n) is 7.31. The molecule has 4 heteroatoms. The van der Waals surface area contributed by atoms with Crippen LogP contribution in [0, 0.1) is 0 Å². The Morgan fingerprint density at radius 1 is 1.00 bits per heavy atom. The van der Waals surface area contributed by atoms with Gasteiger partial charge in [0.2, 0.25) is 0 Å². The number of aromatic nitrogens is 2. The van der Waals surface area contributed by atoms with E-state index in [2.05, 4.69) is 40.4 Å². The van der Waals surface area contributed by atoms with E-state index in [1.165, 1.54) is 42.4 Å². The molecule has 2 aromatic carbocycles. The van der Waals surface area contributed by atoms with E-state index < -0.39 is 0 Å². The highest BCUT2D eigenvalue weighted by atomic mass is 16.1. The van der Waals surface area contributed by atoms with Crippen molar-refractivity contribution in [2.45, 2.75) is 51.6 Å². The number of nitrogens with zero attached hydrogens (tertiary/aromatic N) is 1. The van der Waals surface area contributed by atoms with Gasteiger partial charge in [-0.2, -0.15) is 0 Å². The van der Waals surface area contributed by atoms with E-state index in [1.807, 2.05) is 25.1 Å². The predicted octanol–water partition coefficient (Wildman–Crippen LogP) is 4.21. The Kier molecular flexibility index (Phi) is 4.60. The smallest absolute Gasteiger partial charge is 0.258 e. The van der Waals surface area contributed by atoms with Gasteiger partial charge in [-0.1, -0.05) is 30.3 Å². The van der Waals surface area contributed by atoms with Gasteiger partial charge in [-0.15, -0.1) is 0 Å². The van der Waals surface area contributed by atoms with Crippen LogP contribution in [0.5, 0.6) is 0 Å². The Bertz CT molecular complexity index is 992. The summed E-state index contributed by atoms with van der Waals surface area (Å²) >= 11 is 0. The largest absolute Gasteiger partial charge is 0.309 e. The van der Waals surface area contributed by atoms with E-state index in [9.17, 15) is 4.79 Å². The minimum Gasteiger partial charge on any atom is -0.309 e. The molecule has 1 heterocycles. The summed E-state index contributed by atoms with van der Waals surface area (Å²) in [7, 11) is 0. The molecule has 0 unspecified atom stereocenters. The lowest BCUT2D eigenvalue weighted by Gasteiger charge is -2.22. The quantitative estimate of drug-likeness (QED) is 0.743. The van der Waals surface area contributed by atoms with Crippen LogP contribution in [0.1, 0.15) is 61.3 Å². The molecule has 0 bridgehead atoms. The second-order valence-corrected chi connectivity index (χ2v) is 7.31. The molecule has 3 aromatic rings. The van der Waals surface area contributed by atoms with Gasteiger partial charge in [0.05, 0.1) is 16.9 Å². The molecule has 0 spiro atoms. The van der Waals surface area contributed by atoms with E-state index in [4.69, 9.17) is 0 Å². The van der Waals surface area contributed by atoms with E-state index in [1.54, 1.807) is 6.07 Å². The summed E-state index contributed by atoms with van der Waals surface area (Å²) in [4.78, 5) is 19.9. The lowest BCUT2D eigenvalue weighted by atomic mass is 9.89. The minimum atomic E-state index is -0.0827. The summed E-state index contributed by atoms with van der Waals surface area (Å²) in [5.74, 6) is 0.679. The molecule has 0 aliphatic heterocycles. The Morgan fingerprint density at radius 3 is 2.62 bits per heavy atom. The number of H-pyrrole nitrogens is 1. The van der Waals surface area contributed by atoms with Crippen molar-refractivity contribution >= 4 is 10.9 Å². The van der Waals surface area contributed by atoms with Crippen molar-refractivity contribution in [1.82, 2.24) is 15.3 Å². The van der Waals surface area contributed by atoms with Crippen LogP contribution in [-0.4, -0.2) is 9.97 Å². The fourth-order valence-corrected chi connectivity index (χ4v) is 3.88. The molecule has 2 N–H and O–H groups in total. The van der Waals surface area contributed by atoms with Crippen LogP contribution in [0.15, 0.2) is 47.3 Å². The van der Waals surface area contributed by atoms with Crippen LogP contribution >= 0.6 is 0 Å². The van der Waals surface area contributed by atoms with Gasteiger partial charge >= 0.3 is 0 Å². The highest BCUT2D eigenvalue weighted by Gasteiger charge is 2.16. The summed E-state index contributed by atoms with van der Waals surface area (Å²) in [5.41, 5.74) is 4.94. The molecular formula is C22H25N3O. The summed E-state index contributed by atoms with van der Waals surface area (Å²) < 4.78 is 0. The molecule has 1 aromatic heterocycles. The van der Waals surface area contributed by atoms with Gasteiger partial charge in [-0.25, -0.2) is 4.98 Å². The number of para-hydroxylation sites is 1. The van der Waals surface area contributed by atoms with Crippen molar-refractivity contribution in [3.63, 3.8) is 0 Å². The van der Waals surface area contributed by atoms with Crippen molar-refractivity contribution in [2.75, 3.05) is 0 Å². The number of aromatic amines is 1. The lowest BCUT2D eigenvalue weighted by molar-refractivity contribution is 0.476. The normalized spacial score (nSPS) is 16.2. The minimum absolute atomic E-state index is 0.0432. The Balaban J connectivity index is 1.56. The van der Waals surface area contributed by atoms with Crippen molar-refractivity contribution in [1.29, 1.82) is 0 Å². The van der Waals surface area contributed by atoms with Gasteiger partial charge in [-0.3, -0.25) is 4.79 Å². The van der Waals surface area contributed by atoms with Crippen molar-refractivity contribution in [2.24, 2.45) is 0 Å². The highest BCUT2D eigenvalue weighted by molar-refractivity contribution is 5.77. The SMILES string of the molecule is C[C@H](N[C@H](C)c1nc2ccccc2c(=O)[nH]1)c1ccc2c(c1)CCCC2. The number of hydrogen-bond donors (Lipinski definition) is 2. The zero-order chi connectivity index (χ0) is 18.1. The van der Waals surface area contributed by atoms with E-state index in [0.717, 1.165) is 5.52 Å². The average Bonchev–Trinajstić information content (AvgIpc) is 2.67. The summed E-state index contributed by atoms with van der Waals surface area (Å²) in [6.07, 6.45) is 4.98. The van der Waals surface area contributed by atoms with Gasteiger partial charge in [0.1, 0.15) is 5.82 Å². The molecule has 4 rings (SSSR count). The molecule has 0 amide bonds. The molecule has 2 atom stereocenters. The number of rotatable bonds is 4. The fraction of sp³-hybridized carbons (Fsp3) is 0.364. The molecule has 0 radical (unpaired) electrons. The van der Waals surface area contributed by atoms with Crippen LogP contribution in [-0.2, 0) is 12.8 Å². The first kappa shape index (κ1) is 17.0. The van der Waals surface area contributed by atoms with Crippen LogP contribution in [0.25, 0.3) is 10.9 Å². The van der Waals surface area contributed by atoms with Crippen LogP contribution in [0.2, 0.25) is 0 Å². The maximum Gasteiger partial charge on any atom is 0.258 e. The van der Waals surface area contributed by atoms with Gasteiger partial charge < -0.3 is 10.3 Å². The summed E-state index contributed by atoms with van der Waals surface area (Å²) in [6, 6.07) is 14.5. The first-order valence-corrected chi connectivity index (χ1v) is 9.48. The zero-order valence-corrected chi connectivity index (χ0v) is 15.4. The third kappa shape index (κ3) is 3.29. The maximum atomic E-state index is 12.3. The fourth-order valence-electron chi connectivity index (χ4n) is 3.88. The summed E-state index contributed by atoms with van der Waals surface area (Å²) in [6.45, 7) is 4.21. The van der Waals surface area contributed by atoms with Crippen LogP contribution in [0.4, 0.5) is 0 Å². The standard InChI is InChI=1S/C22H25N3O/c1-14(17-12-11-16-7-3-4-8-18(16)13-17)23-15(2)21-24-20-10-6-5-9-19(20)22(26)25-21/h5-6,9-15,23H,3-4,7-8H2,1-2H3,(H,24,25,26)/t14-,15+/m0/s1. The number of nitrogens with one attached hydrogen (secondary N) is 2. The van der Waals surface area contributed by atoms with Crippen molar-refractivity contribution in [3.8, 4) is 0 Å². The highest BCUT2D eigenvalue weighted by Crippen LogP contribution is 2.26. The Hall–Kier alpha value is -2.46. The van der Waals surface area contributed by atoms with Crippen molar-refractivity contribution in [3.05, 3.63) is 75.3 Å². The molecule has 134 valence electrons. The molecule has 4 nitrogen and oxygen atoms in total. The Labute approximate surface area is 153 Å². The van der Waals surface area contributed by atoms with Gasteiger partial charge in [0.25, 0.3) is 5.56 Å². The van der Waals surface area contributed by atoms with Crippen molar-refractivity contribution < 1.29 is 0 Å². The number of fused-ring (bicyclic) bond motifs is 2. The number of benzene rings is 2. The molecule has 0 saturated carbocycles. The average molecular weight is 347 g/mol. The van der Waals surface area contributed by atoms with Crippen LogP contribution in [0.3, 0.4) is 0 Å². The molecule has 0 saturated heterocycles. The first-order valence-electron chi connectivity index (χ1n) is 9.48. The molecular weight excluding hydrogens is 322 g/mol. The maximum absolute atomic E-state index is 12.3. The molecule has 26 heavy (non-hydrogen) atoms. The van der Waals surface area contributed by atoms with Gasteiger partial charge in [-0.05, 0) is 68.4 Å². The number of aryl methyl sites for hydroxylation is 2. The zero-order valence-electron chi connectivity index (χ0n) is 15.4. The first-order chi connectivity index (χ1) is 12.6. The summed E-state index contributed by atoms with van der Waals surface area (Å²) in [5, 5.41) is 4.21. The topological polar surface area (TPSA) is 57.8 Å². The van der Waals surface area contributed by atoms with E-state index in [0.29, 0.717) is 11.2 Å². The van der Waals surface area contributed by atoms with Gasteiger partial charge in [0, 0.05) is 6.04 Å². The lowest BCUT2D eigenvalue weighted by Crippen LogP contribution is -2.26. The van der Waals surface area contributed by atoms with Crippen LogP contribution < -0.4 is 10.9 Å². The van der Waals surface area contributed by atoms with Gasteiger partial charge in [0.15, 0.2) is 0 Å². The Morgan fingerprint density at radius 2 is 1.77 bits per heavy atom. The predicted molar refractivity (Wildman–Crippen MR) is 105 cm³/mol. The molecule has 1 aliphatic carbocycles. The second kappa shape index (κ2) is 7.04. The third-order valence-corrected chi connectivity index (χ3v) is 5.41.